The van der Waals surface area contributed by atoms with Crippen LogP contribution >= 0.6 is 0 Å². The minimum atomic E-state index is 0.0136. The second kappa shape index (κ2) is 13.3. The third-order valence-corrected chi connectivity index (χ3v) is 8.18. The normalized spacial score (nSPS) is 24.3. The highest BCUT2D eigenvalue weighted by Crippen LogP contribution is 2.47. The first-order valence-electron chi connectivity index (χ1n) is 14.1. The molecule has 0 radical (unpaired) electrons. The van der Waals surface area contributed by atoms with E-state index in [4.69, 9.17) is 0 Å². The number of fused-ring (bicyclic) bond motifs is 1. The van der Waals surface area contributed by atoms with Gasteiger partial charge < -0.3 is 10.2 Å². The maximum atomic E-state index is 10.8. The topological polar surface area (TPSA) is 57.3 Å². The zero-order valence-corrected chi connectivity index (χ0v) is 22.8. The van der Waals surface area contributed by atoms with E-state index in [-0.39, 0.29) is 23.3 Å². The van der Waals surface area contributed by atoms with E-state index in [1.165, 1.54) is 69.4 Å². The summed E-state index contributed by atoms with van der Waals surface area (Å²) in [7, 11) is 0. The van der Waals surface area contributed by atoms with Crippen LogP contribution in [0.5, 0.6) is 11.5 Å². The lowest BCUT2D eigenvalue weighted by molar-refractivity contribution is -0.809. The first-order chi connectivity index (χ1) is 16.8. The van der Waals surface area contributed by atoms with Crippen LogP contribution in [0, 0.1) is 12.8 Å². The fourth-order valence-electron chi connectivity index (χ4n) is 5.98. The fourth-order valence-corrected chi connectivity index (χ4v) is 5.98. The van der Waals surface area contributed by atoms with Crippen molar-refractivity contribution in [1.82, 2.24) is 0 Å². The number of phenolic OH excluding ortho intramolecular Hbond substituents is 2. The summed E-state index contributed by atoms with van der Waals surface area (Å²) in [6, 6.07) is 1.87. The quantitative estimate of drug-likeness (QED) is 0.325. The van der Waals surface area contributed by atoms with Gasteiger partial charge in [0.25, 0.3) is 0 Å². The summed E-state index contributed by atoms with van der Waals surface area (Å²) in [5.41, 5.74) is 5.09. The number of rotatable bonds is 6. The number of quaternary nitrogens is 1. The molecule has 35 heavy (non-hydrogen) atoms. The van der Waals surface area contributed by atoms with Crippen LogP contribution in [-0.2, 0) is 6.42 Å². The molecule has 0 bridgehead atoms. The van der Waals surface area contributed by atoms with Gasteiger partial charge in [0.2, 0.25) is 0 Å². The molecule has 194 valence electrons. The molecular weight excluding hydrogens is 432 g/mol. The maximum absolute atomic E-state index is 10.8. The lowest BCUT2D eigenvalue weighted by atomic mass is 9.73. The maximum Gasteiger partial charge on any atom is 0.196 e. The number of aromatic hydroxyl groups is 2. The van der Waals surface area contributed by atoms with Crippen LogP contribution in [-0.4, -0.2) is 35.7 Å². The number of benzene rings is 1. The van der Waals surface area contributed by atoms with E-state index in [0.717, 1.165) is 48.9 Å². The van der Waals surface area contributed by atoms with Crippen LogP contribution in [0.3, 0.4) is 0 Å². The molecule has 1 aromatic rings. The molecule has 0 spiro atoms. The molecule has 1 unspecified atom stereocenters. The molecule has 2 heterocycles. The molecule has 1 aromatic carbocycles. The highest BCUT2D eigenvalue weighted by Gasteiger charge is 2.31. The Hall–Kier alpha value is -2.07. The Bertz CT molecular complexity index is 930. The summed E-state index contributed by atoms with van der Waals surface area (Å²) in [6.45, 7) is 16.2. The Morgan fingerprint density at radius 2 is 1.86 bits per heavy atom. The third-order valence-electron chi connectivity index (χ3n) is 8.18. The number of aryl methyl sites for hydroxylation is 1. The molecule has 4 rings (SSSR count). The van der Waals surface area contributed by atoms with E-state index in [0.29, 0.717) is 5.56 Å². The Morgan fingerprint density at radius 3 is 2.60 bits per heavy atom. The molecule has 2 aliphatic heterocycles. The number of allylic oxidation sites excluding steroid dienone is 3. The predicted octanol–water partition coefficient (Wildman–Crippen LogP) is 6.40. The van der Waals surface area contributed by atoms with Crippen LogP contribution in [0.1, 0.15) is 108 Å². The molecule has 3 N–H and O–H groups in total. The number of unbranched alkanes of at least 4 members (excludes halogenated alkanes) is 2. The molecule has 1 saturated heterocycles. The molecule has 3 atom stereocenters. The molecule has 1 aliphatic carbocycles. The van der Waals surface area contributed by atoms with Gasteiger partial charge in [-0.2, -0.15) is 0 Å². The number of phenols is 2. The first kappa shape index (κ1) is 27.5. The number of amidine groups is 1. The smallest absolute Gasteiger partial charge is 0.196 e. The lowest BCUT2D eigenvalue weighted by Crippen LogP contribution is -3.15. The zero-order chi connectivity index (χ0) is 25.4. The molecular formula is C31H49N2O2+. The van der Waals surface area contributed by atoms with Gasteiger partial charge in [0.15, 0.2) is 5.84 Å². The second-order valence-corrected chi connectivity index (χ2v) is 11.0. The Kier molecular flexibility index (Phi) is 10.5. The molecule has 4 heteroatoms. The number of hydrogen-bond donors (Lipinski definition) is 3. The highest BCUT2D eigenvalue weighted by atomic mass is 16.3. The summed E-state index contributed by atoms with van der Waals surface area (Å²) < 4.78 is 0. The minimum Gasteiger partial charge on any atom is -0.507 e. The van der Waals surface area contributed by atoms with Gasteiger partial charge in [0.1, 0.15) is 11.5 Å². The van der Waals surface area contributed by atoms with Crippen LogP contribution in [0.2, 0.25) is 0 Å². The minimum absolute atomic E-state index is 0.0136. The van der Waals surface area contributed by atoms with Crippen molar-refractivity contribution in [2.45, 2.75) is 104 Å². The Balaban J connectivity index is 0.000000256. The molecule has 0 amide bonds. The van der Waals surface area contributed by atoms with E-state index in [9.17, 15) is 10.2 Å². The average molecular weight is 482 g/mol. The number of aliphatic imine (C=N–C) groups is 1. The van der Waals surface area contributed by atoms with Gasteiger partial charge in [-0.1, -0.05) is 43.6 Å². The Labute approximate surface area is 213 Å². The molecule has 1 fully saturated rings. The van der Waals surface area contributed by atoms with Crippen molar-refractivity contribution in [3.63, 3.8) is 0 Å². The average Bonchev–Trinajstić information content (AvgIpc) is 3.08. The van der Waals surface area contributed by atoms with Gasteiger partial charge in [-0.05, 0) is 88.8 Å². The van der Waals surface area contributed by atoms with Crippen LogP contribution < -0.4 is 4.90 Å². The molecule has 3 aliphatic rings. The summed E-state index contributed by atoms with van der Waals surface area (Å²) in [5.74, 6) is 2.26. The van der Waals surface area contributed by atoms with E-state index in [1.807, 2.05) is 19.9 Å². The lowest BCUT2D eigenvalue weighted by Gasteiger charge is -2.32. The number of nitrogens with zero attached hydrogens (tertiary/aromatic N) is 1. The van der Waals surface area contributed by atoms with Crippen molar-refractivity contribution in [1.29, 1.82) is 0 Å². The van der Waals surface area contributed by atoms with Crippen LogP contribution in [0.15, 0.2) is 34.9 Å². The SMILES string of the molecule is C1CCC2=NCCC[NH+]2CC1.C=C(C)[C@@H]1CCC(C)=C[C@H]1c1c(O)cc(CCCCC)c(C)c1O. The second-order valence-electron chi connectivity index (χ2n) is 11.0. The van der Waals surface area contributed by atoms with Crippen molar-refractivity contribution < 1.29 is 15.1 Å². The fraction of sp³-hybridized carbons (Fsp3) is 0.645. The van der Waals surface area contributed by atoms with Crippen molar-refractivity contribution in [2.75, 3.05) is 19.6 Å². The third kappa shape index (κ3) is 7.22. The van der Waals surface area contributed by atoms with Gasteiger partial charge in [-0.3, -0.25) is 4.90 Å². The summed E-state index contributed by atoms with van der Waals surface area (Å²) >= 11 is 0. The van der Waals surface area contributed by atoms with E-state index in [2.05, 4.69) is 31.5 Å². The molecule has 4 nitrogen and oxygen atoms in total. The van der Waals surface area contributed by atoms with Gasteiger partial charge in [0.05, 0.1) is 13.1 Å². The largest absolute Gasteiger partial charge is 0.507 e. The van der Waals surface area contributed by atoms with Crippen molar-refractivity contribution in [2.24, 2.45) is 10.9 Å². The monoisotopic (exact) mass is 481 g/mol. The van der Waals surface area contributed by atoms with E-state index in [1.54, 1.807) is 4.90 Å². The van der Waals surface area contributed by atoms with Crippen LogP contribution in [0.4, 0.5) is 0 Å². The Morgan fingerprint density at radius 1 is 1.09 bits per heavy atom. The van der Waals surface area contributed by atoms with E-state index < -0.39 is 0 Å². The zero-order valence-electron chi connectivity index (χ0n) is 22.8. The highest BCUT2D eigenvalue weighted by molar-refractivity contribution is 5.73. The van der Waals surface area contributed by atoms with Crippen LogP contribution in [0.25, 0.3) is 0 Å². The van der Waals surface area contributed by atoms with Gasteiger partial charge >= 0.3 is 0 Å². The number of hydrogen-bond acceptors (Lipinski definition) is 3. The van der Waals surface area contributed by atoms with Gasteiger partial charge in [-0.15, -0.1) is 0 Å². The van der Waals surface area contributed by atoms with E-state index >= 15 is 0 Å². The standard InChI is InChI=1S/C22H32O2.C9H16N2/c1-6-7-8-9-17-13-20(23)21(22(24)16(17)5)19-12-15(4)10-11-18(19)14(2)3;1-2-5-9-10-6-4-8-11(9)7-3-1/h12-13,18-19,23-24H,2,6-11H2,1,3-5H3;1-8H2/p+1/t18-,19+;/m0./s1. The van der Waals surface area contributed by atoms with Crippen molar-refractivity contribution >= 4 is 5.84 Å². The number of nitrogens with one attached hydrogen (secondary N) is 1. The van der Waals surface area contributed by atoms with Crippen molar-refractivity contribution in [3.8, 4) is 11.5 Å². The summed E-state index contributed by atoms with van der Waals surface area (Å²) in [5, 5.41) is 21.5. The first-order valence-corrected chi connectivity index (χ1v) is 14.1. The van der Waals surface area contributed by atoms with Gasteiger partial charge in [-0.25, -0.2) is 4.99 Å². The molecule has 0 saturated carbocycles. The summed E-state index contributed by atoms with van der Waals surface area (Å²) in [6.07, 6.45) is 15.4. The van der Waals surface area contributed by atoms with Crippen molar-refractivity contribution in [3.05, 3.63) is 46.6 Å². The predicted molar refractivity (Wildman–Crippen MR) is 148 cm³/mol. The van der Waals surface area contributed by atoms with Gasteiger partial charge in [0, 0.05) is 30.9 Å². The summed E-state index contributed by atoms with van der Waals surface area (Å²) in [4.78, 5) is 6.28. The molecule has 0 aromatic heterocycles.